The van der Waals surface area contributed by atoms with E-state index in [1.54, 1.807) is 6.92 Å². The second kappa shape index (κ2) is 7.42. The van der Waals surface area contributed by atoms with Crippen LogP contribution in [0.1, 0.15) is 25.3 Å². The van der Waals surface area contributed by atoms with Crippen LogP contribution in [0.5, 0.6) is 0 Å². The summed E-state index contributed by atoms with van der Waals surface area (Å²) in [5.41, 5.74) is 1.39. The first-order chi connectivity index (χ1) is 12.0. The average molecular weight is 374 g/mol. The number of benzene rings is 1. The minimum Gasteiger partial charge on any atom is -0.337 e. The van der Waals surface area contributed by atoms with Crippen molar-refractivity contribution in [2.24, 2.45) is 5.92 Å². The van der Waals surface area contributed by atoms with Gasteiger partial charge in [-0.1, -0.05) is 40.8 Å². The fourth-order valence-corrected chi connectivity index (χ4v) is 3.99. The lowest BCUT2D eigenvalue weighted by Gasteiger charge is -2.22. The Labute approximate surface area is 155 Å². The molecule has 0 aliphatic heterocycles. The molecule has 1 aromatic heterocycles. The molecule has 0 saturated heterocycles. The molecule has 1 atom stereocenters. The highest BCUT2D eigenvalue weighted by Crippen LogP contribution is 2.39. The van der Waals surface area contributed by atoms with Crippen LogP contribution in [-0.4, -0.2) is 27.4 Å². The largest absolute Gasteiger partial charge is 0.337 e. The van der Waals surface area contributed by atoms with Gasteiger partial charge in [-0.15, -0.1) is 10.2 Å². The Balaban J connectivity index is 1.50. The van der Waals surface area contributed by atoms with Crippen LogP contribution in [0.3, 0.4) is 0 Å². The molecule has 130 valence electrons. The zero-order chi connectivity index (χ0) is 17.9. The Morgan fingerprint density at radius 3 is 2.76 bits per heavy atom. The van der Waals surface area contributed by atoms with Crippen LogP contribution < -0.4 is 10.6 Å². The second-order valence-electron chi connectivity index (χ2n) is 6.29. The fraction of sp³-hybridized carbons (Fsp3) is 0.412. The molecule has 25 heavy (non-hydrogen) atoms. The lowest BCUT2D eigenvalue weighted by Crippen LogP contribution is -2.47. The van der Waals surface area contributed by atoms with Gasteiger partial charge in [0.15, 0.2) is 4.34 Å². The van der Waals surface area contributed by atoms with Crippen LogP contribution in [0.15, 0.2) is 28.6 Å². The maximum absolute atomic E-state index is 12.1. The average Bonchev–Trinajstić information content (AvgIpc) is 3.37. The van der Waals surface area contributed by atoms with Crippen LogP contribution in [0, 0.1) is 24.2 Å². The molecule has 2 aromatic rings. The zero-order valence-corrected chi connectivity index (χ0v) is 15.7. The van der Waals surface area contributed by atoms with E-state index in [-0.39, 0.29) is 17.6 Å². The van der Waals surface area contributed by atoms with Gasteiger partial charge in [0.2, 0.25) is 11.0 Å². The van der Waals surface area contributed by atoms with E-state index < -0.39 is 5.54 Å². The van der Waals surface area contributed by atoms with Crippen LogP contribution in [0.25, 0.3) is 0 Å². The number of nitrogens with one attached hydrogen (secondary N) is 2. The number of rotatable bonds is 7. The summed E-state index contributed by atoms with van der Waals surface area (Å²) < 4.78 is 0.717. The first kappa shape index (κ1) is 17.7. The standard InChI is InChI=1S/C17H19N5OS2/c1-11-3-7-13(8-4-11)19-15-21-22-16(25-15)24-9-14(23)20-17(2,10-18)12-5-6-12/h3-4,7-8,12H,5-6,9H2,1-2H3,(H,19,21)(H,20,23). The van der Waals surface area contributed by atoms with Crippen molar-refractivity contribution in [1.29, 1.82) is 5.26 Å². The number of carbonyl (C=O) groups is 1. The van der Waals surface area contributed by atoms with Gasteiger partial charge in [-0.2, -0.15) is 5.26 Å². The molecule has 1 unspecified atom stereocenters. The van der Waals surface area contributed by atoms with Crippen molar-refractivity contribution in [3.8, 4) is 6.07 Å². The monoisotopic (exact) mass is 373 g/mol. The first-order valence-corrected chi connectivity index (χ1v) is 9.81. The summed E-state index contributed by atoms with van der Waals surface area (Å²) in [5, 5.41) is 24.2. The smallest absolute Gasteiger partial charge is 0.231 e. The van der Waals surface area contributed by atoms with E-state index in [0.29, 0.717) is 5.13 Å². The van der Waals surface area contributed by atoms with Crippen molar-refractivity contribution < 1.29 is 4.79 Å². The molecule has 1 saturated carbocycles. The first-order valence-electron chi connectivity index (χ1n) is 8.01. The predicted molar refractivity (Wildman–Crippen MR) is 100.0 cm³/mol. The maximum atomic E-state index is 12.1. The molecule has 0 spiro atoms. The molecule has 0 radical (unpaired) electrons. The molecular weight excluding hydrogens is 354 g/mol. The highest BCUT2D eigenvalue weighted by Gasteiger charge is 2.42. The lowest BCUT2D eigenvalue weighted by molar-refractivity contribution is -0.119. The van der Waals surface area contributed by atoms with E-state index in [1.165, 1.54) is 28.7 Å². The lowest BCUT2D eigenvalue weighted by atomic mass is 9.98. The summed E-state index contributed by atoms with van der Waals surface area (Å²) >= 11 is 2.73. The number of aromatic nitrogens is 2. The SMILES string of the molecule is Cc1ccc(Nc2nnc(SCC(=O)NC(C)(C#N)C3CC3)s2)cc1. The van der Waals surface area contributed by atoms with Gasteiger partial charge in [0.1, 0.15) is 5.54 Å². The van der Waals surface area contributed by atoms with Crippen molar-refractivity contribution in [2.45, 2.75) is 36.6 Å². The Morgan fingerprint density at radius 1 is 1.40 bits per heavy atom. The van der Waals surface area contributed by atoms with Gasteiger partial charge < -0.3 is 10.6 Å². The number of amides is 1. The minimum atomic E-state index is -0.753. The molecule has 1 fully saturated rings. The van der Waals surface area contributed by atoms with Crippen LogP contribution >= 0.6 is 23.1 Å². The third-order valence-electron chi connectivity index (χ3n) is 4.06. The molecule has 1 aromatic carbocycles. The second-order valence-corrected chi connectivity index (χ2v) is 8.49. The highest BCUT2D eigenvalue weighted by molar-refractivity contribution is 8.01. The normalized spacial score (nSPS) is 15.9. The van der Waals surface area contributed by atoms with E-state index in [9.17, 15) is 10.1 Å². The van der Waals surface area contributed by atoms with Gasteiger partial charge in [0.25, 0.3) is 0 Å². The van der Waals surface area contributed by atoms with E-state index in [0.717, 1.165) is 22.9 Å². The van der Waals surface area contributed by atoms with E-state index in [4.69, 9.17) is 0 Å². The zero-order valence-electron chi connectivity index (χ0n) is 14.1. The molecule has 1 aliphatic carbocycles. The van der Waals surface area contributed by atoms with Crippen molar-refractivity contribution in [3.63, 3.8) is 0 Å². The molecule has 1 aliphatic rings. The topological polar surface area (TPSA) is 90.7 Å². The third kappa shape index (κ3) is 4.71. The molecule has 0 bridgehead atoms. The Morgan fingerprint density at radius 2 is 2.12 bits per heavy atom. The van der Waals surface area contributed by atoms with E-state index in [1.807, 2.05) is 31.2 Å². The number of hydrogen-bond donors (Lipinski definition) is 2. The number of aryl methyl sites for hydroxylation is 1. The van der Waals surface area contributed by atoms with Gasteiger partial charge in [0, 0.05) is 5.69 Å². The molecule has 1 heterocycles. The molecule has 3 rings (SSSR count). The molecule has 6 nitrogen and oxygen atoms in total. The van der Waals surface area contributed by atoms with E-state index >= 15 is 0 Å². The Bertz CT molecular complexity index is 794. The Kier molecular flexibility index (Phi) is 5.25. The van der Waals surface area contributed by atoms with Crippen molar-refractivity contribution >= 4 is 39.8 Å². The summed E-state index contributed by atoms with van der Waals surface area (Å²) in [6, 6.07) is 10.2. The summed E-state index contributed by atoms with van der Waals surface area (Å²) in [4.78, 5) is 12.1. The summed E-state index contributed by atoms with van der Waals surface area (Å²) in [5.74, 6) is 0.353. The van der Waals surface area contributed by atoms with Crippen molar-refractivity contribution in [1.82, 2.24) is 15.5 Å². The predicted octanol–water partition coefficient (Wildman–Crippen LogP) is 3.49. The van der Waals surface area contributed by atoms with Gasteiger partial charge in [-0.3, -0.25) is 4.79 Å². The number of carbonyl (C=O) groups excluding carboxylic acids is 1. The molecule has 1 amide bonds. The van der Waals surface area contributed by atoms with Crippen molar-refractivity contribution in [3.05, 3.63) is 29.8 Å². The Hall–Kier alpha value is -2.11. The highest BCUT2D eigenvalue weighted by atomic mass is 32.2. The summed E-state index contributed by atoms with van der Waals surface area (Å²) in [6.45, 7) is 3.83. The quantitative estimate of drug-likeness (QED) is 0.722. The third-order valence-corrected chi connectivity index (χ3v) is 6.03. The van der Waals surface area contributed by atoms with E-state index in [2.05, 4.69) is 26.9 Å². The molecule has 8 heteroatoms. The van der Waals surface area contributed by atoms with Crippen molar-refractivity contribution in [2.75, 3.05) is 11.1 Å². The molecular formula is C17H19N5OS2. The summed E-state index contributed by atoms with van der Waals surface area (Å²) in [6.07, 6.45) is 2.00. The van der Waals surface area contributed by atoms with Crippen LogP contribution in [0.2, 0.25) is 0 Å². The minimum absolute atomic E-state index is 0.149. The maximum Gasteiger partial charge on any atom is 0.231 e. The van der Waals surface area contributed by atoms with Gasteiger partial charge in [-0.25, -0.2) is 0 Å². The fourth-order valence-electron chi connectivity index (χ4n) is 2.41. The number of nitriles is 1. The van der Waals surface area contributed by atoms with Gasteiger partial charge in [-0.05, 0) is 44.7 Å². The summed E-state index contributed by atoms with van der Waals surface area (Å²) in [7, 11) is 0. The van der Waals surface area contributed by atoms with Crippen LogP contribution in [0.4, 0.5) is 10.8 Å². The number of thioether (sulfide) groups is 1. The molecule has 2 N–H and O–H groups in total. The number of anilines is 2. The van der Waals surface area contributed by atoms with Gasteiger partial charge >= 0.3 is 0 Å². The van der Waals surface area contributed by atoms with Gasteiger partial charge in [0.05, 0.1) is 11.8 Å². The number of hydrogen-bond acceptors (Lipinski definition) is 7. The van der Waals surface area contributed by atoms with Crippen LogP contribution in [-0.2, 0) is 4.79 Å². The number of nitrogens with zero attached hydrogens (tertiary/aromatic N) is 3.